The number of aliphatic hydroxyl groups excluding tert-OH is 1. The number of rotatable bonds is 7. The van der Waals surface area contributed by atoms with Crippen LogP contribution in [0.3, 0.4) is 0 Å². The highest BCUT2D eigenvalue weighted by atomic mass is 16.6. The van der Waals surface area contributed by atoms with Gasteiger partial charge in [0.05, 0.1) is 26.1 Å². The van der Waals surface area contributed by atoms with Crippen molar-refractivity contribution < 1.29 is 19.1 Å². The van der Waals surface area contributed by atoms with Crippen LogP contribution in [0.15, 0.2) is 22.8 Å². The highest BCUT2D eigenvalue weighted by Crippen LogP contribution is 2.01. The minimum Gasteiger partial charge on any atom is -0.467 e. The van der Waals surface area contributed by atoms with Gasteiger partial charge >= 0.3 is 0 Å². The molecule has 0 aliphatic heterocycles. The van der Waals surface area contributed by atoms with Gasteiger partial charge in [-0.05, 0) is 12.1 Å². The van der Waals surface area contributed by atoms with Gasteiger partial charge in [-0.1, -0.05) is 0 Å². The van der Waals surface area contributed by atoms with Crippen LogP contribution in [0.1, 0.15) is 5.76 Å². The van der Waals surface area contributed by atoms with Crippen LogP contribution in [-0.2, 0) is 16.2 Å². The summed E-state index contributed by atoms with van der Waals surface area (Å²) in [5.41, 5.74) is 2.54. The van der Waals surface area contributed by atoms with Crippen LogP contribution < -0.4 is 5.48 Å². The Balaban J connectivity index is 2.03. The SMILES string of the molecule is CONCC(O)COCc1ccco1. The molecule has 80 valence electrons. The molecule has 0 bridgehead atoms. The lowest BCUT2D eigenvalue weighted by Crippen LogP contribution is -2.29. The molecule has 0 fully saturated rings. The van der Waals surface area contributed by atoms with E-state index in [2.05, 4.69) is 10.3 Å². The Labute approximate surface area is 82.6 Å². The van der Waals surface area contributed by atoms with E-state index in [4.69, 9.17) is 9.15 Å². The van der Waals surface area contributed by atoms with E-state index < -0.39 is 6.10 Å². The van der Waals surface area contributed by atoms with Gasteiger partial charge in [-0.3, -0.25) is 0 Å². The lowest BCUT2D eigenvalue weighted by molar-refractivity contribution is -0.00611. The highest BCUT2D eigenvalue weighted by molar-refractivity contribution is 4.95. The lowest BCUT2D eigenvalue weighted by atomic mass is 10.4. The van der Waals surface area contributed by atoms with Crippen molar-refractivity contribution in [2.45, 2.75) is 12.7 Å². The average molecular weight is 201 g/mol. The summed E-state index contributed by atoms with van der Waals surface area (Å²) < 4.78 is 10.2. The predicted octanol–water partition coefficient (Wildman–Crippen LogP) is 0.308. The normalized spacial score (nSPS) is 13.0. The molecule has 0 spiro atoms. The summed E-state index contributed by atoms with van der Waals surface area (Å²) in [6, 6.07) is 3.61. The number of furan rings is 1. The Kier molecular flexibility index (Phi) is 5.24. The number of aliphatic hydroxyl groups is 1. The lowest BCUT2D eigenvalue weighted by Gasteiger charge is -2.10. The Morgan fingerprint density at radius 1 is 1.64 bits per heavy atom. The van der Waals surface area contributed by atoms with E-state index in [1.54, 1.807) is 12.3 Å². The molecule has 1 atom stereocenters. The van der Waals surface area contributed by atoms with Crippen molar-refractivity contribution in [3.63, 3.8) is 0 Å². The Morgan fingerprint density at radius 3 is 3.14 bits per heavy atom. The molecule has 0 radical (unpaired) electrons. The molecule has 5 nitrogen and oxygen atoms in total. The molecule has 0 saturated carbocycles. The fourth-order valence-corrected chi connectivity index (χ4v) is 0.929. The fourth-order valence-electron chi connectivity index (χ4n) is 0.929. The van der Waals surface area contributed by atoms with E-state index >= 15 is 0 Å². The number of hydrogen-bond acceptors (Lipinski definition) is 5. The van der Waals surface area contributed by atoms with Crippen LogP contribution >= 0.6 is 0 Å². The smallest absolute Gasteiger partial charge is 0.129 e. The first-order valence-electron chi connectivity index (χ1n) is 4.37. The van der Waals surface area contributed by atoms with E-state index in [1.165, 1.54) is 7.11 Å². The molecule has 0 saturated heterocycles. The van der Waals surface area contributed by atoms with Gasteiger partial charge in [0.1, 0.15) is 12.4 Å². The average Bonchev–Trinajstić information content (AvgIpc) is 2.67. The second kappa shape index (κ2) is 6.56. The Hall–Kier alpha value is -0.880. The summed E-state index contributed by atoms with van der Waals surface area (Å²) in [5.74, 6) is 0.747. The molecule has 1 aromatic heterocycles. The molecule has 1 heterocycles. The maximum Gasteiger partial charge on any atom is 0.129 e. The van der Waals surface area contributed by atoms with Gasteiger partial charge in [0, 0.05) is 6.54 Å². The van der Waals surface area contributed by atoms with E-state index in [0.29, 0.717) is 13.2 Å². The molecule has 0 aliphatic rings. The maximum atomic E-state index is 9.31. The topological polar surface area (TPSA) is 63.9 Å². The number of nitrogens with one attached hydrogen (secondary N) is 1. The van der Waals surface area contributed by atoms with Gasteiger partial charge in [0.25, 0.3) is 0 Å². The Bertz CT molecular complexity index is 225. The van der Waals surface area contributed by atoms with Gasteiger partial charge < -0.3 is 19.1 Å². The van der Waals surface area contributed by atoms with Gasteiger partial charge in [-0.25, -0.2) is 5.48 Å². The van der Waals surface area contributed by atoms with Crippen molar-refractivity contribution in [2.75, 3.05) is 20.3 Å². The second-order valence-corrected chi connectivity index (χ2v) is 2.80. The van der Waals surface area contributed by atoms with Gasteiger partial charge in [0.15, 0.2) is 0 Å². The fraction of sp³-hybridized carbons (Fsp3) is 0.556. The second-order valence-electron chi connectivity index (χ2n) is 2.80. The van der Waals surface area contributed by atoms with Gasteiger partial charge in [-0.2, -0.15) is 0 Å². The minimum atomic E-state index is -0.579. The number of hydroxylamine groups is 1. The third kappa shape index (κ3) is 4.38. The van der Waals surface area contributed by atoms with E-state index in [0.717, 1.165) is 5.76 Å². The molecular weight excluding hydrogens is 186 g/mol. The first kappa shape index (κ1) is 11.2. The molecule has 0 aliphatic carbocycles. The van der Waals surface area contributed by atoms with Crippen LogP contribution in [0.4, 0.5) is 0 Å². The summed E-state index contributed by atoms with van der Waals surface area (Å²) >= 11 is 0. The first-order valence-corrected chi connectivity index (χ1v) is 4.37. The summed E-state index contributed by atoms with van der Waals surface area (Å²) in [6.45, 7) is 0.961. The monoisotopic (exact) mass is 201 g/mol. The van der Waals surface area contributed by atoms with E-state index in [1.807, 2.05) is 6.07 Å². The molecule has 1 rings (SSSR count). The maximum absolute atomic E-state index is 9.31. The van der Waals surface area contributed by atoms with Crippen LogP contribution in [0.5, 0.6) is 0 Å². The summed E-state index contributed by atoms with van der Waals surface area (Å²) in [4.78, 5) is 4.58. The third-order valence-corrected chi connectivity index (χ3v) is 1.60. The molecule has 1 unspecified atom stereocenters. The molecule has 2 N–H and O–H groups in total. The predicted molar refractivity (Wildman–Crippen MR) is 49.4 cm³/mol. The summed E-state index contributed by atoms with van der Waals surface area (Å²) in [7, 11) is 1.50. The molecule has 14 heavy (non-hydrogen) atoms. The summed E-state index contributed by atoms with van der Waals surface area (Å²) in [5, 5.41) is 9.31. The zero-order valence-electron chi connectivity index (χ0n) is 8.10. The van der Waals surface area contributed by atoms with Crippen molar-refractivity contribution in [3.8, 4) is 0 Å². The molecular formula is C9H15NO4. The van der Waals surface area contributed by atoms with Crippen LogP contribution in [-0.4, -0.2) is 31.5 Å². The molecule has 5 heteroatoms. The largest absolute Gasteiger partial charge is 0.467 e. The van der Waals surface area contributed by atoms with Crippen molar-refractivity contribution in [1.82, 2.24) is 5.48 Å². The zero-order valence-corrected chi connectivity index (χ0v) is 8.10. The summed E-state index contributed by atoms with van der Waals surface area (Å²) in [6.07, 6.45) is 1.01. The highest BCUT2D eigenvalue weighted by Gasteiger charge is 2.04. The van der Waals surface area contributed by atoms with Gasteiger partial charge in [-0.15, -0.1) is 0 Å². The van der Waals surface area contributed by atoms with Crippen LogP contribution in [0.2, 0.25) is 0 Å². The van der Waals surface area contributed by atoms with Crippen LogP contribution in [0.25, 0.3) is 0 Å². The number of hydrogen-bond donors (Lipinski definition) is 2. The van der Waals surface area contributed by atoms with Crippen molar-refractivity contribution in [3.05, 3.63) is 24.2 Å². The first-order chi connectivity index (χ1) is 6.83. The van der Waals surface area contributed by atoms with Gasteiger partial charge in [0.2, 0.25) is 0 Å². The molecule has 1 aromatic rings. The standard InChI is InChI=1S/C9H15NO4/c1-12-10-5-8(11)6-13-7-9-3-2-4-14-9/h2-4,8,10-11H,5-7H2,1H3. The zero-order chi connectivity index (χ0) is 10.2. The third-order valence-electron chi connectivity index (χ3n) is 1.60. The number of ether oxygens (including phenoxy) is 1. The van der Waals surface area contributed by atoms with Crippen LogP contribution in [0, 0.1) is 0 Å². The van der Waals surface area contributed by atoms with Crippen molar-refractivity contribution >= 4 is 0 Å². The minimum absolute atomic E-state index is 0.247. The molecule has 0 aromatic carbocycles. The van der Waals surface area contributed by atoms with E-state index in [9.17, 15) is 5.11 Å². The van der Waals surface area contributed by atoms with E-state index in [-0.39, 0.29) is 6.61 Å². The molecule has 0 amide bonds. The quantitative estimate of drug-likeness (QED) is 0.621. The van der Waals surface area contributed by atoms with Crippen molar-refractivity contribution in [1.29, 1.82) is 0 Å². The Morgan fingerprint density at radius 2 is 2.50 bits per heavy atom. The van der Waals surface area contributed by atoms with Crippen molar-refractivity contribution in [2.24, 2.45) is 0 Å².